The Morgan fingerprint density at radius 1 is 1.16 bits per heavy atom. The molecule has 0 aliphatic heterocycles. The summed E-state index contributed by atoms with van der Waals surface area (Å²) in [4.78, 5) is 33.7. The van der Waals surface area contributed by atoms with Crippen molar-refractivity contribution in [1.29, 1.82) is 0 Å². The third-order valence-electron chi connectivity index (χ3n) is 4.84. The van der Waals surface area contributed by atoms with Gasteiger partial charge < -0.3 is 15.2 Å². The number of nitrogens with zero attached hydrogens (tertiary/aromatic N) is 2. The molecule has 32 heavy (non-hydrogen) atoms. The van der Waals surface area contributed by atoms with Crippen LogP contribution in [0.5, 0.6) is 0 Å². The Kier molecular flexibility index (Phi) is 6.34. The normalized spacial score (nSPS) is 10.8. The van der Waals surface area contributed by atoms with Gasteiger partial charge in [-0.25, -0.2) is 19.6 Å². The molecule has 0 spiro atoms. The van der Waals surface area contributed by atoms with Gasteiger partial charge in [0.05, 0.1) is 22.6 Å². The second kappa shape index (κ2) is 9.33. The van der Waals surface area contributed by atoms with Gasteiger partial charge in [0.15, 0.2) is 0 Å². The molecule has 0 radical (unpaired) electrons. The highest BCUT2D eigenvalue weighted by atomic mass is 35.5. The first kappa shape index (κ1) is 21.7. The zero-order valence-electron chi connectivity index (χ0n) is 17.0. The van der Waals surface area contributed by atoms with Gasteiger partial charge >= 0.3 is 11.9 Å². The second-order valence-electron chi connectivity index (χ2n) is 6.95. The minimum Gasteiger partial charge on any atom is -0.478 e. The first-order valence-electron chi connectivity index (χ1n) is 9.69. The summed E-state index contributed by atoms with van der Waals surface area (Å²) >= 11 is 7.18. The van der Waals surface area contributed by atoms with Gasteiger partial charge in [-0.2, -0.15) is 0 Å². The van der Waals surface area contributed by atoms with E-state index in [1.165, 1.54) is 29.8 Å². The molecule has 0 saturated carbocycles. The number of aromatic carboxylic acids is 1. The lowest BCUT2D eigenvalue weighted by molar-refractivity contribution is 0.0514. The molecule has 4 aromatic rings. The SMILES string of the molecule is Cc1c(C(=O)OCCc2ccccc2)sc2ncnc(Nc3ccc(Cl)c(C(=O)O)c3)c12. The first-order chi connectivity index (χ1) is 15.4. The molecular formula is C23H18ClN3O4S. The van der Waals surface area contributed by atoms with Gasteiger partial charge in [-0.15, -0.1) is 11.3 Å². The number of nitrogens with one attached hydrogen (secondary N) is 1. The maximum Gasteiger partial charge on any atom is 0.348 e. The standard InChI is InChI=1S/C23H18ClN3O4S/c1-13-18-20(27-15-7-8-17(24)16(11-15)22(28)29)25-12-26-21(18)32-19(13)23(30)31-10-9-14-5-3-2-4-6-14/h2-8,11-12H,9-10H2,1H3,(H,28,29)(H,25,26,27). The van der Waals surface area contributed by atoms with Crippen LogP contribution in [0.4, 0.5) is 11.5 Å². The van der Waals surface area contributed by atoms with Gasteiger partial charge in [-0.1, -0.05) is 41.9 Å². The van der Waals surface area contributed by atoms with Crippen LogP contribution in [0, 0.1) is 6.92 Å². The van der Waals surface area contributed by atoms with E-state index in [2.05, 4.69) is 15.3 Å². The molecule has 162 valence electrons. The molecule has 0 aliphatic rings. The van der Waals surface area contributed by atoms with Crippen molar-refractivity contribution in [3.05, 3.63) is 81.4 Å². The number of hydrogen-bond donors (Lipinski definition) is 2. The Balaban J connectivity index is 1.57. The number of carbonyl (C=O) groups is 2. The van der Waals surface area contributed by atoms with Gasteiger partial charge in [0.1, 0.15) is 21.9 Å². The summed E-state index contributed by atoms with van der Waals surface area (Å²) in [6.45, 7) is 2.09. The lowest BCUT2D eigenvalue weighted by Gasteiger charge is -2.09. The molecule has 2 heterocycles. The van der Waals surface area contributed by atoms with Gasteiger partial charge in [0.25, 0.3) is 0 Å². The molecule has 4 rings (SSSR count). The molecule has 2 aromatic carbocycles. The van der Waals surface area contributed by atoms with Crippen molar-refractivity contribution in [2.45, 2.75) is 13.3 Å². The summed E-state index contributed by atoms with van der Waals surface area (Å²) in [7, 11) is 0. The summed E-state index contributed by atoms with van der Waals surface area (Å²) in [5, 5.41) is 13.2. The zero-order valence-corrected chi connectivity index (χ0v) is 18.5. The third kappa shape index (κ3) is 4.56. The van der Waals surface area contributed by atoms with Crippen LogP contribution < -0.4 is 5.32 Å². The summed E-state index contributed by atoms with van der Waals surface area (Å²) in [6.07, 6.45) is 2.02. The van der Waals surface area contributed by atoms with Gasteiger partial charge in [-0.05, 0) is 36.2 Å². The van der Waals surface area contributed by atoms with E-state index in [1.807, 2.05) is 37.3 Å². The number of ether oxygens (including phenoxy) is 1. The summed E-state index contributed by atoms with van der Waals surface area (Å²) in [6, 6.07) is 14.4. The first-order valence-corrected chi connectivity index (χ1v) is 10.9. The quantitative estimate of drug-likeness (QED) is 0.346. The Morgan fingerprint density at radius 3 is 2.69 bits per heavy atom. The van der Waals surface area contributed by atoms with E-state index in [0.29, 0.717) is 38.6 Å². The fourth-order valence-corrected chi connectivity index (χ4v) is 4.48. The Bertz CT molecular complexity index is 1310. The monoisotopic (exact) mass is 467 g/mol. The van der Waals surface area contributed by atoms with Gasteiger partial charge in [0, 0.05) is 12.1 Å². The molecule has 0 amide bonds. The Morgan fingerprint density at radius 2 is 1.94 bits per heavy atom. The molecule has 9 heteroatoms. The van der Waals surface area contributed by atoms with Crippen molar-refractivity contribution in [2.75, 3.05) is 11.9 Å². The van der Waals surface area contributed by atoms with Crippen molar-refractivity contribution < 1.29 is 19.4 Å². The molecule has 0 saturated heterocycles. The number of halogens is 1. The van der Waals surface area contributed by atoms with E-state index in [4.69, 9.17) is 16.3 Å². The largest absolute Gasteiger partial charge is 0.478 e. The zero-order chi connectivity index (χ0) is 22.7. The van der Waals surface area contributed by atoms with E-state index in [1.54, 1.807) is 6.07 Å². The topological polar surface area (TPSA) is 101 Å². The number of carboxylic acid groups (broad SMARTS) is 1. The smallest absolute Gasteiger partial charge is 0.348 e. The van der Waals surface area contributed by atoms with Crippen LogP contribution in [0.3, 0.4) is 0 Å². The van der Waals surface area contributed by atoms with Gasteiger partial charge in [-0.3, -0.25) is 0 Å². The highest BCUT2D eigenvalue weighted by Gasteiger charge is 2.21. The van der Waals surface area contributed by atoms with E-state index in [0.717, 1.165) is 5.56 Å². The van der Waals surface area contributed by atoms with Crippen LogP contribution in [0.2, 0.25) is 5.02 Å². The number of thiophene rings is 1. The van der Waals surface area contributed by atoms with E-state index in [9.17, 15) is 14.7 Å². The Labute approximate surface area is 192 Å². The van der Waals surface area contributed by atoms with E-state index in [-0.39, 0.29) is 17.2 Å². The fourth-order valence-electron chi connectivity index (χ4n) is 3.24. The third-order valence-corrected chi connectivity index (χ3v) is 6.35. The maximum absolute atomic E-state index is 12.7. The number of aromatic nitrogens is 2. The van der Waals surface area contributed by atoms with Crippen LogP contribution in [0.1, 0.15) is 31.2 Å². The van der Waals surface area contributed by atoms with Crippen molar-refractivity contribution in [3.63, 3.8) is 0 Å². The number of benzene rings is 2. The predicted octanol–water partition coefficient (Wildman–Crippen LogP) is 5.49. The summed E-state index contributed by atoms with van der Waals surface area (Å²) in [5.74, 6) is -1.07. The molecule has 0 fully saturated rings. The average molecular weight is 468 g/mol. The van der Waals surface area contributed by atoms with Crippen molar-refractivity contribution in [3.8, 4) is 0 Å². The van der Waals surface area contributed by atoms with Crippen LogP contribution in [0.25, 0.3) is 10.2 Å². The fraction of sp³-hybridized carbons (Fsp3) is 0.130. The number of carboxylic acids is 1. The highest BCUT2D eigenvalue weighted by molar-refractivity contribution is 7.20. The number of carbonyl (C=O) groups excluding carboxylic acids is 1. The number of hydrogen-bond acceptors (Lipinski definition) is 7. The average Bonchev–Trinajstić information content (AvgIpc) is 3.13. The molecule has 0 aliphatic carbocycles. The number of rotatable bonds is 7. The summed E-state index contributed by atoms with van der Waals surface area (Å²) in [5.41, 5.74) is 2.27. The minimum absolute atomic E-state index is 0.0216. The van der Waals surface area contributed by atoms with Crippen LogP contribution in [-0.2, 0) is 11.2 Å². The molecule has 2 aromatic heterocycles. The predicted molar refractivity (Wildman–Crippen MR) is 124 cm³/mol. The van der Waals surface area contributed by atoms with E-state index >= 15 is 0 Å². The van der Waals surface area contributed by atoms with Crippen LogP contribution >= 0.6 is 22.9 Å². The molecular weight excluding hydrogens is 450 g/mol. The lowest BCUT2D eigenvalue weighted by Crippen LogP contribution is -2.07. The van der Waals surface area contributed by atoms with Crippen molar-refractivity contribution in [1.82, 2.24) is 9.97 Å². The summed E-state index contributed by atoms with van der Waals surface area (Å²) < 4.78 is 5.48. The van der Waals surface area contributed by atoms with Gasteiger partial charge in [0.2, 0.25) is 0 Å². The van der Waals surface area contributed by atoms with Crippen molar-refractivity contribution in [2.24, 2.45) is 0 Å². The highest BCUT2D eigenvalue weighted by Crippen LogP contribution is 2.35. The molecule has 7 nitrogen and oxygen atoms in total. The molecule has 0 atom stereocenters. The maximum atomic E-state index is 12.7. The second-order valence-corrected chi connectivity index (χ2v) is 8.36. The molecule has 2 N–H and O–H groups in total. The lowest BCUT2D eigenvalue weighted by atomic mass is 10.1. The van der Waals surface area contributed by atoms with Crippen LogP contribution in [-0.4, -0.2) is 33.6 Å². The Hall–Kier alpha value is -3.49. The van der Waals surface area contributed by atoms with Crippen LogP contribution in [0.15, 0.2) is 54.9 Å². The molecule has 0 unspecified atom stereocenters. The number of anilines is 2. The number of fused-ring (bicyclic) bond motifs is 1. The number of aryl methyl sites for hydroxylation is 1. The number of esters is 1. The minimum atomic E-state index is -1.13. The van der Waals surface area contributed by atoms with Crippen molar-refractivity contribution >= 4 is 56.6 Å². The molecule has 0 bridgehead atoms. The van der Waals surface area contributed by atoms with E-state index < -0.39 is 11.9 Å².